The summed E-state index contributed by atoms with van der Waals surface area (Å²) in [5.41, 5.74) is 3.06. The van der Waals surface area contributed by atoms with Crippen LogP contribution in [0.4, 0.5) is 5.69 Å². The van der Waals surface area contributed by atoms with Crippen LogP contribution in [0.2, 0.25) is 0 Å². The predicted molar refractivity (Wildman–Crippen MR) is 95.2 cm³/mol. The molecule has 3 aromatic carbocycles. The third-order valence-corrected chi connectivity index (χ3v) is 4.21. The Hall–Kier alpha value is -3.27. The van der Waals surface area contributed by atoms with Gasteiger partial charge < -0.3 is 0 Å². The van der Waals surface area contributed by atoms with Crippen LogP contribution in [0.5, 0.6) is 0 Å². The van der Waals surface area contributed by atoms with Crippen molar-refractivity contribution in [2.75, 3.05) is 0 Å². The number of non-ortho nitro benzene ring substituents is 1. The summed E-state index contributed by atoms with van der Waals surface area (Å²) < 4.78 is 0. The Kier molecular flexibility index (Phi) is 3.43. The Balaban J connectivity index is 1.84. The zero-order valence-electron chi connectivity index (χ0n) is 12.8. The first kappa shape index (κ1) is 14.3. The highest BCUT2D eigenvalue weighted by atomic mass is 16.6. The molecule has 4 heteroatoms. The van der Waals surface area contributed by atoms with E-state index in [0.717, 1.165) is 27.5 Å². The van der Waals surface area contributed by atoms with Crippen LogP contribution in [-0.4, -0.2) is 9.91 Å². The molecule has 0 aliphatic rings. The number of aromatic nitrogens is 1. The molecule has 0 N–H and O–H groups in total. The van der Waals surface area contributed by atoms with Crippen molar-refractivity contribution >= 4 is 27.4 Å². The largest absolute Gasteiger partial charge is 0.269 e. The normalized spacial score (nSPS) is 11.0. The number of nitrogens with zero attached hydrogens (tertiary/aromatic N) is 2. The average molecular weight is 314 g/mol. The lowest BCUT2D eigenvalue weighted by Gasteiger charge is -2.09. The van der Waals surface area contributed by atoms with E-state index in [1.54, 1.807) is 24.3 Å². The lowest BCUT2D eigenvalue weighted by atomic mass is 10.00. The molecular formula is C20H14N2O2. The van der Waals surface area contributed by atoms with E-state index in [2.05, 4.69) is 18.2 Å². The molecule has 0 unspecified atom stereocenters. The van der Waals surface area contributed by atoms with Gasteiger partial charge in [-0.2, -0.15) is 0 Å². The van der Waals surface area contributed by atoms with Crippen molar-refractivity contribution in [3.63, 3.8) is 0 Å². The van der Waals surface area contributed by atoms with E-state index in [-0.39, 0.29) is 10.6 Å². The van der Waals surface area contributed by atoms with Crippen molar-refractivity contribution in [2.24, 2.45) is 0 Å². The van der Waals surface area contributed by atoms with Gasteiger partial charge in [0.1, 0.15) is 0 Å². The third-order valence-electron chi connectivity index (χ3n) is 4.21. The molecule has 0 spiro atoms. The molecule has 0 aliphatic heterocycles. The summed E-state index contributed by atoms with van der Waals surface area (Å²) in [4.78, 5) is 15.2. The fraction of sp³-hybridized carbons (Fsp3) is 0.0500. The van der Waals surface area contributed by atoms with Gasteiger partial charge in [0, 0.05) is 29.3 Å². The minimum absolute atomic E-state index is 0.107. The van der Waals surface area contributed by atoms with E-state index in [1.165, 1.54) is 5.39 Å². The van der Waals surface area contributed by atoms with Crippen LogP contribution >= 0.6 is 0 Å². The summed E-state index contributed by atoms with van der Waals surface area (Å²) in [5, 5.41) is 14.2. The number of para-hydroxylation sites is 1. The molecule has 0 atom stereocenters. The van der Waals surface area contributed by atoms with Crippen LogP contribution in [0.1, 0.15) is 11.3 Å². The third kappa shape index (κ3) is 2.48. The lowest BCUT2D eigenvalue weighted by Crippen LogP contribution is -1.96. The maximum atomic E-state index is 10.8. The quantitative estimate of drug-likeness (QED) is 0.307. The second-order valence-electron chi connectivity index (χ2n) is 5.72. The molecule has 0 saturated carbocycles. The summed E-state index contributed by atoms with van der Waals surface area (Å²) >= 11 is 0. The molecule has 1 aromatic heterocycles. The predicted octanol–water partition coefficient (Wildman–Crippen LogP) is 4.89. The Morgan fingerprint density at radius 3 is 2.12 bits per heavy atom. The molecule has 0 fully saturated rings. The summed E-state index contributed by atoms with van der Waals surface area (Å²) in [6.45, 7) is 0. The minimum atomic E-state index is -0.381. The molecule has 0 radical (unpaired) electrons. The highest BCUT2D eigenvalue weighted by Gasteiger charge is 2.10. The van der Waals surface area contributed by atoms with Gasteiger partial charge in [-0.3, -0.25) is 15.1 Å². The van der Waals surface area contributed by atoms with Gasteiger partial charge in [-0.25, -0.2) is 0 Å². The van der Waals surface area contributed by atoms with Gasteiger partial charge in [-0.1, -0.05) is 54.6 Å². The second kappa shape index (κ2) is 5.74. The van der Waals surface area contributed by atoms with Crippen molar-refractivity contribution in [3.8, 4) is 0 Å². The molecular weight excluding hydrogens is 300 g/mol. The minimum Gasteiger partial charge on any atom is -0.258 e. The van der Waals surface area contributed by atoms with Gasteiger partial charge in [0.2, 0.25) is 0 Å². The Labute approximate surface area is 138 Å². The first-order chi connectivity index (χ1) is 11.7. The maximum absolute atomic E-state index is 10.8. The number of nitro groups is 1. The van der Waals surface area contributed by atoms with Gasteiger partial charge in [0.25, 0.3) is 5.69 Å². The van der Waals surface area contributed by atoms with Crippen molar-refractivity contribution in [1.82, 2.24) is 4.98 Å². The Morgan fingerprint density at radius 2 is 1.42 bits per heavy atom. The topological polar surface area (TPSA) is 56.0 Å². The van der Waals surface area contributed by atoms with Crippen LogP contribution in [0.25, 0.3) is 21.7 Å². The molecule has 1 heterocycles. The highest BCUT2D eigenvalue weighted by molar-refractivity contribution is 6.06. The van der Waals surface area contributed by atoms with E-state index in [1.807, 2.05) is 30.3 Å². The van der Waals surface area contributed by atoms with Gasteiger partial charge >= 0.3 is 0 Å². The lowest BCUT2D eigenvalue weighted by molar-refractivity contribution is -0.384. The molecule has 4 rings (SSSR count). The first-order valence-corrected chi connectivity index (χ1v) is 7.72. The molecule has 24 heavy (non-hydrogen) atoms. The number of nitro benzene ring substituents is 1. The second-order valence-corrected chi connectivity index (χ2v) is 5.72. The van der Waals surface area contributed by atoms with Crippen molar-refractivity contribution in [1.29, 1.82) is 0 Å². The van der Waals surface area contributed by atoms with E-state index >= 15 is 0 Å². The number of fused-ring (bicyclic) bond motifs is 3. The van der Waals surface area contributed by atoms with Crippen LogP contribution in [-0.2, 0) is 6.42 Å². The molecule has 4 nitrogen and oxygen atoms in total. The monoisotopic (exact) mass is 314 g/mol. The number of benzene rings is 3. The number of hydrogen-bond acceptors (Lipinski definition) is 3. The van der Waals surface area contributed by atoms with Gasteiger partial charge in [0.15, 0.2) is 0 Å². The molecule has 0 saturated heterocycles. The van der Waals surface area contributed by atoms with Gasteiger partial charge in [0.05, 0.1) is 16.1 Å². The van der Waals surface area contributed by atoms with Crippen LogP contribution < -0.4 is 0 Å². The SMILES string of the molecule is O=[N+]([O-])c1ccc(Cc2nc3ccccc3c3ccccc23)cc1. The average Bonchev–Trinajstić information content (AvgIpc) is 2.62. The number of hydrogen-bond donors (Lipinski definition) is 0. The van der Waals surface area contributed by atoms with Gasteiger partial charge in [-0.15, -0.1) is 0 Å². The summed E-state index contributed by atoms with van der Waals surface area (Å²) in [5.74, 6) is 0. The Morgan fingerprint density at radius 1 is 0.792 bits per heavy atom. The van der Waals surface area contributed by atoms with Crippen LogP contribution in [0, 0.1) is 10.1 Å². The summed E-state index contributed by atoms with van der Waals surface area (Å²) in [6.07, 6.45) is 0.642. The van der Waals surface area contributed by atoms with Crippen molar-refractivity contribution in [3.05, 3.63) is 94.2 Å². The first-order valence-electron chi connectivity index (χ1n) is 7.72. The Bertz CT molecular complexity index is 1060. The maximum Gasteiger partial charge on any atom is 0.269 e. The van der Waals surface area contributed by atoms with E-state index in [4.69, 9.17) is 4.98 Å². The standard InChI is InChI=1S/C20H14N2O2/c23-22(24)15-11-9-14(10-12-15)13-20-18-7-2-1-5-16(18)17-6-3-4-8-19(17)21-20/h1-12H,13H2. The number of pyridine rings is 1. The number of rotatable bonds is 3. The fourth-order valence-electron chi connectivity index (χ4n) is 3.04. The zero-order chi connectivity index (χ0) is 16.5. The van der Waals surface area contributed by atoms with E-state index in [9.17, 15) is 10.1 Å². The molecule has 116 valence electrons. The summed E-state index contributed by atoms with van der Waals surface area (Å²) in [7, 11) is 0. The van der Waals surface area contributed by atoms with Gasteiger partial charge in [-0.05, 0) is 17.0 Å². The zero-order valence-corrected chi connectivity index (χ0v) is 12.8. The molecule has 0 bridgehead atoms. The highest BCUT2D eigenvalue weighted by Crippen LogP contribution is 2.27. The fourth-order valence-corrected chi connectivity index (χ4v) is 3.04. The van der Waals surface area contributed by atoms with E-state index in [0.29, 0.717) is 6.42 Å². The van der Waals surface area contributed by atoms with Crippen LogP contribution in [0.3, 0.4) is 0 Å². The molecule has 4 aromatic rings. The van der Waals surface area contributed by atoms with Crippen LogP contribution in [0.15, 0.2) is 72.8 Å². The molecule has 0 amide bonds. The van der Waals surface area contributed by atoms with Crippen molar-refractivity contribution < 1.29 is 4.92 Å². The van der Waals surface area contributed by atoms with Crippen molar-refractivity contribution in [2.45, 2.75) is 6.42 Å². The molecule has 0 aliphatic carbocycles. The smallest absolute Gasteiger partial charge is 0.258 e. The van der Waals surface area contributed by atoms with E-state index < -0.39 is 0 Å². The summed E-state index contributed by atoms with van der Waals surface area (Å²) in [6, 6.07) is 23.0.